The molecule has 0 fully saturated rings. The van der Waals surface area contributed by atoms with E-state index in [-0.39, 0.29) is 23.4 Å². The standard InChI is InChI=1S/C11H15NO2/c1-6-10(8(3)13)5-12-7(2)11(6)9(4)14/h5-6,10H,1-4H3. The van der Waals surface area contributed by atoms with Gasteiger partial charge in [-0.1, -0.05) is 6.92 Å². The van der Waals surface area contributed by atoms with E-state index < -0.39 is 0 Å². The third-order valence-electron chi connectivity index (χ3n) is 2.66. The normalized spacial score (nSPS) is 26.6. The predicted molar refractivity (Wildman–Crippen MR) is 55.2 cm³/mol. The second-order valence-corrected chi connectivity index (χ2v) is 3.76. The molecule has 0 aliphatic carbocycles. The lowest BCUT2D eigenvalue weighted by molar-refractivity contribution is -0.119. The first-order chi connectivity index (χ1) is 6.45. The molecule has 3 nitrogen and oxygen atoms in total. The minimum Gasteiger partial charge on any atom is -0.299 e. The van der Waals surface area contributed by atoms with Crippen molar-refractivity contribution in [3.8, 4) is 0 Å². The van der Waals surface area contributed by atoms with Crippen LogP contribution in [0.4, 0.5) is 0 Å². The van der Waals surface area contributed by atoms with Crippen molar-refractivity contribution in [2.24, 2.45) is 16.8 Å². The molecule has 14 heavy (non-hydrogen) atoms. The van der Waals surface area contributed by atoms with Crippen molar-refractivity contribution in [3.05, 3.63) is 11.3 Å². The Morgan fingerprint density at radius 1 is 1.36 bits per heavy atom. The molecule has 0 amide bonds. The molecule has 0 saturated carbocycles. The molecule has 0 aromatic rings. The van der Waals surface area contributed by atoms with E-state index in [0.717, 1.165) is 5.70 Å². The number of aliphatic imine (C=N–C) groups is 1. The average Bonchev–Trinajstić information content (AvgIpc) is 2.02. The molecule has 0 spiro atoms. The van der Waals surface area contributed by atoms with Gasteiger partial charge in [0.25, 0.3) is 0 Å². The predicted octanol–water partition coefficient (Wildman–Crippen LogP) is 1.78. The largest absolute Gasteiger partial charge is 0.299 e. The zero-order chi connectivity index (χ0) is 10.9. The summed E-state index contributed by atoms with van der Waals surface area (Å²) in [6, 6.07) is 0. The minimum absolute atomic E-state index is 0.0121. The molecule has 0 saturated heterocycles. The fourth-order valence-corrected chi connectivity index (χ4v) is 1.93. The van der Waals surface area contributed by atoms with Crippen molar-refractivity contribution in [1.29, 1.82) is 0 Å². The number of carbonyl (C=O) groups is 2. The van der Waals surface area contributed by atoms with Crippen LogP contribution in [0.2, 0.25) is 0 Å². The third kappa shape index (κ3) is 1.81. The summed E-state index contributed by atoms with van der Waals surface area (Å²) < 4.78 is 0. The van der Waals surface area contributed by atoms with Crippen molar-refractivity contribution in [3.63, 3.8) is 0 Å². The lowest BCUT2D eigenvalue weighted by Crippen LogP contribution is -2.28. The van der Waals surface area contributed by atoms with Gasteiger partial charge in [0.1, 0.15) is 5.78 Å². The summed E-state index contributed by atoms with van der Waals surface area (Å²) >= 11 is 0. The van der Waals surface area contributed by atoms with Gasteiger partial charge >= 0.3 is 0 Å². The van der Waals surface area contributed by atoms with Crippen molar-refractivity contribution >= 4 is 17.8 Å². The summed E-state index contributed by atoms with van der Waals surface area (Å²) in [6.45, 7) is 6.76. The van der Waals surface area contributed by atoms with E-state index in [1.807, 2.05) is 6.92 Å². The SMILES string of the molecule is CC(=O)C1=C(C)N=CC(C(C)=O)C1C. The van der Waals surface area contributed by atoms with Crippen LogP contribution in [0.5, 0.6) is 0 Å². The molecule has 1 aliphatic rings. The number of rotatable bonds is 2. The maximum atomic E-state index is 11.3. The Labute approximate surface area is 83.9 Å². The van der Waals surface area contributed by atoms with Crippen LogP contribution in [0, 0.1) is 11.8 Å². The van der Waals surface area contributed by atoms with Crippen LogP contribution in [0.1, 0.15) is 27.7 Å². The first-order valence-corrected chi connectivity index (χ1v) is 4.71. The Kier molecular flexibility index (Phi) is 2.99. The number of Topliss-reactive ketones (excluding diaryl/α,β-unsaturated/α-hetero) is 2. The second kappa shape index (κ2) is 3.86. The van der Waals surface area contributed by atoms with Crippen LogP contribution < -0.4 is 0 Å². The van der Waals surface area contributed by atoms with Crippen LogP contribution in [0.3, 0.4) is 0 Å². The smallest absolute Gasteiger partial charge is 0.157 e. The lowest BCUT2D eigenvalue weighted by atomic mass is 9.81. The van der Waals surface area contributed by atoms with Gasteiger partial charge in [-0.2, -0.15) is 0 Å². The average molecular weight is 193 g/mol. The summed E-state index contributed by atoms with van der Waals surface area (Å²) in [5.41, 5.74) is 1.43. The maximum absolute atomic E-state index is 11.3. The number of carbonyl (C=O) groups excluding carboxylic acids is 2. The van der Waals surface area contributed by atoms with E-state index in [2.05, 4.69) is 4.99 Å². The molecule has 0 radical (unpaired) electrons. The number of allylic oxidation sites excluding steroid dienone is 2. The molecule has 0 bridgehead atoms. The second-order valence-electron chi connectivity index (χ2n) is 3.76. The monoisotopic (exact) mass is 193 g/mol. The van der Waals surface area contributed by atoms with Gasteiger partial charge in [-0.05, 0) is 20.8 Å². The van der Waals surface area contributed by atoms with Crippen LogP contribution in [-0.4, -0.2) is 17.8 Å². The van der Waals surface area contributed by atoms with Gasteiger partial charge in [0.2, 0.25) is 0 Å². The van der Waals surface area contributed by atoms with E-state index >= 15 is 0 Å². The molecule has 0 aromatic carbocycles. The van der Waals surface area contributed by atoms with E-state index in [9.17, 15) is 9.59 Å². The minimum atomic E-state index is -0.238. The van der Waals surface area contributed by atoms with Gasteiger partial charge in [0.05, 0.1) is 5.92 Å². The van der Waals surface area contributed by atoms with E-state index in [1.54, 1.807) is 13.1 Å². The Balaban J connectivity index is 3.09. The van der Waals surface area contributed by atoms with Gasteiger partial charge in [-0.3, -0.25) is 14.6 Å². The van der Waals surface area contributed by atoms with Gasteiger partial charge < -0.3 is 0 Å². The Morgan fingerprint density at radius 2 is 1.93 bits per heavy atom. The molecule has 3 heteroatoms. The van der Waals surface area contributed by atoms with E-state index in [1.165, 1.54) is 13.8 Å². The molecule has 2 unspecified atom stereocenters. The molecule has 0 aromatic heterocycles. The highest BCUT2D eigenvalue weighted by atomic mass is 16.1. The van der Waals surface area contributed by atoms with Gasteiger partial charge in [0, 0.05) is 23.4 Å². The molecule has 1 aliphatic heterocycles. The van der Waals surface area contributed by atoms with Crippen LogP contribution in [0.15, 0.2) is 16.3 Å². The zero-order valence-electron chi connectivity index (χ0n) is 9.00. The number of nitrogens with zero attached hydrogens (tertiary/aromatic N) is 1. The number of hydrogen-bond acceptors (Lipinski definition) is 3. The van der Waals surface area contributed by atoms with Crippen LogP contribution >= 0.6 is 0 Å². The van der Waals surface area contributed by atoms with Crippen molar-refractivity contribution < 1.29 is 9.59 Å². The zero-order valence-corrected chi connectivity index (χ0v) is 9.00. The highest BCUT2D eigenvalue weighted by Crippen LogP contribution is 2.28. The lowest BCUT2D eigenvalue weighted by Gasteiger charge is -2.24. The Bertz CT molecular complexity index is 339. The van der Waals surface area contributed by atoms with Crippen molar-refractivity contribution in [2.45, 2.75) is 27.7 Å². The Hall–Kier alpha value is -1.25. The number of ketones is 2. The summed E-state index contributed by atoms with van der Waals surface area (Å²) in [7, 11) is 0. The Morgan fingerprint density at radius 3 is 2.36 bits per heavy atom. The molecule has 0 N–H and O–H groups in total. The first-order valence-electron chi connectivity index (χ1n) is 4.71. The summed E-state index contributed by atoms with van der Waals surface area (Å²) in [5, 5.41) is 0. The van der Waals surface area contributed by atoms with E-state index in [4.69, 9.17) is 0 Å². The van der Waals surface area contributed by atoms with Gasteiger partial charge in [-0.15, -0.1) is 0 Å². The molecular weight excluding hydrogens is 178 g/mol. The number of hydrogen-bond donors (Lipinski definition) is 0. The molecule has 1 heterocycles. The highest BCUT2D eigenvalue weighted by Gasteiger charge is 2.29. The molecule has 1 rings (SSSR count). The topological polar surface area (TPSA) is 46.5 Å². The van der Waals surface area contributed by atoms with Crippen molar-refractivity contribution in [1.82, 2.24) is 0 Å². The molecular formula is C11H15NO2. The van der Waals surface area contributed by atoms with Crippen molar-refractivity contribution in [2.75, 3.05) is 0 Å². The summed E-state index contributed by atoms with van der Waals surface area (Å²) in [5.74, 6) is -0.203. The maximum Gasteiger partial charge on any atom is 0.157 e. The fraction of sp³-hybridized carbons (Fsp3) is 0.545. The first kappa shape index (κ1) is 10.8. The quantitative estimate of drug-likeness (QED) is 0.671. The van der Waals surface area contributed by atoms with Gasteiger partial charge in [0.15, 0.2) is 5.78 Å². The van der Waals surface area contributed by atoms with Gasteiger partial charge in [-0.25, -0.2) is 0 Å². The highest BCUT2D eigenvalue weighted by molar-refractivity contribution is 6.01. The molecule has 2 atom stereocenters. The van der Waals surface area contributed by atoms with Crippen LogP contribution in [-0.2, 0) is 9.59 Å². The summed E-state index contributed by atoms with van der Waals surface area (Å²) in [4.78, 5) is 26.7. The summed E-state index contributed by atoms with van der Waals surface area (Å²) in [6.07, 6.45) is 1.65. The fourth-order valence-electron chi connectivity index (χ4n) is 1.93. The third-order valence-corrected chi connectivity index (χ3v) is 2.66. The van der Waals surface area contributed by atoms with Crippen LogP contribution in [0.25, 0.3) is 0 Å². The molecule has 76 valence electrons. The van der Waals surface area contributed by atoms with E-state index in [0.29, 0.717) is 5.57 Å².